The first-order chi connectivity index (χ1) is 32.2. The van der Waals surface area contributed by atoms with Gasteiger partial charge in [0.05, 0.1) is 33.3 Å². The highest BCUT2D eigenvalue weighted by Crippen LogP contribution is 2.44. The van der Waals surface area contributed by atoms with E-state index in [1.165, 1.54) is 0 Å². The highest BCUT2D eigenvalue weighted by molar-refractivity contribution is 6.24. The van der Waals surface area contributed by atoms with Crippen LogP contribution in [0, 0.1) is 11.3 Å². The zero-order valence-electron chi connectivity index (χ0n) is 34.7. The van der Waals surface area contributed by atoms with E-state index in [-0.39, 0.29) is 0 Å². The third kappa shape index (κ3) is 5.78. The van der Waals surface area contributed by atoms with Gasteiger partial charge in [0.25, 0.3) is 0 Å². The molecule has 0 aliphatic rings. The highest BCUT2D eigenvalue weighted by atomic mass is 16.3. The van der Waals surface area contributed by atoms with Gasteiger partial charge in [-0.15, -0.1) is 0 Å². The van der Waals surface area contributed by atoms with Gasteiger partial charge in [0.1, 0.15) is 11.7 Å². The predicted octanol–water partition coefficient (Wildman–Crippen LogP) is 14.5. The van der Waals surface area contributed by atoms with Crippen LogP contribution in [-0.2, 0) is 0 Å². The number of nitriles is 1. The van der Waals surface area contributed by atoms with Crippen LogP contribution in [-0.4, -0.2) is 24.1 Å². The molecule has 65 heavy (non-hydrogen) atoms. The van der Waals surface area contributed by atoms with Crippen molar-refractivity contribution in [2.24, 2.45) is 0 Å². The first-order valence-corrected chi connectivity index (χ1v) is 21.6. The second kappa shape index (κ2) is 14.5. The average molecular weight is 831 g/mol. The largest absolute Gasteiger partial charge is 0.454 e. The molecule has 7 nitrogen and oxygen atoms in total. The molecule has 4 heterocycles. The fourth-order valence-corrected chi connectivity index (χ4v) is 9.63. The highest BCUT2D eigenvalue weighted by Gasteiger charge is 2.23. The fourth-order valence-electron chi connectivity index (χ4n) is 9.63. The molecule has 0 aliphatic heterocycles. The van der Waals surface area contributed by atoms with Gasteiger partial charge in [-0.3, -0.25) is 0 Å². The van der Waals surface area contributed by atoms with E-state index in [4.69, 9.17) is 19.4 Å². The number of nitrogens with zero attached hydrogens (tertiary/aromatic N) is 6. The third-order valence-corrected chi connectivity index (χ3v) is 12.6. The maximum atomic E-state index is 11.0. The van der Waals surface area contributed by atoms with Crippen molar-refractivity contribution in [2.45, 2.75) is 0 Å². The van der Waals surface area contributed by atoms with Crippen molar-refractivity contribution in [2.75, 3.05) is 0 Å². The summed E-state index contributed by atoms with van der Waals surface area (Å²) < 4.78 is 11.5. The Kier molecular flexibility index (Phi) is 8.14. The molecule has 0 atom stereocenters. The fraction of sp³-hybridized carbons (Fsp3) is 0. The lowest BCUT2D eigenvalue weighted by molar-refractivity contribution is 0.671. The van der Waals surface area contributed by atoms with Crippen LogP contribution >= 0.6 is 0 Å². The van der Waals surface area contributed by atoms with E-state index in [1.54, 1.807) is 0 Å². The molecule has 302 valence electrons. The Morgan fingerprint density at radius 3 is 1.68 bits per heavy atom. The van der Waals surface area contributed by atoms with Crippen LogP contribution in [0.3, 0.4) is 0 Å². The van der Waals surface area contributed by atoms with Crippen molar-refractivity contribution in [1.29, 1.82) is 5.26 Å². The zero-order chi connectivity index (χ0) is 43.0. The van der Waals surface area contributed by atoms with Crippen molar-refractivity contribution in [3.63, 3.8) is 0 Å². The molecule has 0 aliphatic carbocycles. The van der Waals surface area contributed by atoms with Gasteiger partial charge in [-0.05, 0) is 77.9 Å². The monoisotopic (exact) mass is 830 g/mol. The number of hydrogen-bond donors (Lipinski definition) is 0. The van der Waals surface area contributed by atoms with Gasteiger partial charge in [-0.25, -0.2) is 15.0 Å². The number of benzene rings is 9. The Morgan fingerprint density at radius 1 is 0.385 bits per heavy atom. The Morgan fingerprint density at radius 2 is 0.954 bits per heavy atom. The molecule has 4 aromatic heterocycles. The number of hydrogen-bond acceptors (Lipinski definition) is 5. The van der Waals surface area contributed by atoms with Crippen molar-refractivity contribution >= 4 is 65.6 Å². The minimum Gasteiger partial charge on any atom is -0.454 e. The SMILES string of the molecule is N#Cc1cc(-c2nc(-c3ccccc3)nc(-c3cccc(-c4ccccc4)c3)n2)ccc1-n1c2ccccc2c2ccc3c4cc5c(cc4oc3c21)c1ccccc1n5-c1ccccc1. The minimum atomic E-state index is 0.474. The Bertz CT molecular complexity index is 4070. The standard InChI is InChI=1S/C58H34N6O/c59-35-41-32-40(58-61-56(37-17-6-2-7-18-37)60-57(62-58)39-20-14-19-38(31-39)36-15-4-1-5-16-36)27-30-49(41)64-51-26-13-10-23-43(51)45-28-29-46-48-33-52-47(34-53(48)65-55(46)54(45)64)44-24-11-12-25-50(44)63(52)42-21-8-3-9-22-42/h1-34H. The first kappa shape index (κ1) is 36.5. The minimum absolute atomic E-state index is 0.474. The molecule has 0 saturated carbocycles. The van der Waals surface area contributed by atoms with E-state index >= 15 is 0 Å². The second-order valence-electron chi connectivity index (χ2n) is 16.3. The summed E-state index contributed by atoms with van der Waals surface area (Å²) in [6, 6.07) is 73.1. The third-order valence-electron chi connectivity index (χ3n) is 12.6. The molecule has 0 radical (unpaired) electrons. The summed E-state index contributed by atoms with van der Waals surface area (Å²) in [4.78, 5) is 15.1. The van der Waals surface area contributed by atoms with Gasteiger partial charge in [-0.1, -0.05) is 140 Å². The van der Waals surface area contributed by atoms with Gasteiger partial charge < -0.3 is 13.6 Å². The van der Waals surface area contributed by atoms with E-state index in [0.717, 1.165) is 99.2 Å². The van der Waals surface area contributed by atoms with E-state index < -0.39 is 0 Å². The quantitative estimate of drug-likeness (QED) is 0.167. The molecule has 0 spiro atoms. The lowest BCUT2D eigenvalue weighted by Crippen LogP contribution is -2.02. The summed E-state index contributed by atoms with van der Waals surface area (Å²) in [6.07, 6.45) is 0. The molecule has 0 amide bonds. The van der Waals surface area contributed by atoms with Crippen LogP contribution in [0.5, 0.6) is 0 Å². The number of furan rings is 1. The normalized spacial score (nSPS) is 11.7. The molecule has 0 bridgehead atoms. The summed E-state index contributed by atoms with van der Waals surface area (Å²) >= 11 is 0. The maximum Gasteiger partial charge on any atom is 0.164 e. The van der Waals surface area contributed by atoms with E-state index in [2.05, 4.69) is 130 Å². The number of para-hydroxylation sites is 3. The summed E-state index contributed by atoms with van der Waals surface area (Å²) in [5.74, 6) is 1.57. The smallest absolute Gasteiger partial charge is 0.164 e. The van der Waals surface area contributed by atoms with Gasteiger partial charge in [0.2, 0.25) is 0 Å². The predicted molar refractivity (Wildman–Crippen MR) is 262 cm³/mol. The van der Waals surface area contributed by atoms with Crippen LogP contribution in [0.2, 0.25) is 0 Å². The topological polar surface area (TPSA) is 85.5 Å². The number of rotatable bonds is 6. The second-order valence-corrected chi connectivity index (χ2v) is 16.3. The van der Waals surface area contributed by atoms with Crippen molar-refractivity contribution < 1.29 is 4.42 Å². The van der Waals surface area contributed by atoms with E-state index in [0.29, 0.717) is 28.6 Å². The molecular formula is C58H34N6O. The van der Waals surface area contributed by atoms with E-state index in [1.807, 2.05) is 91.0 Å². The molecule has 0 saturated heterocycles. The van der Waals surface area contributed by atoms with Crippen LogP contribution in [0.15, 0.2) is 211 Å². The number of aromatic nitrogens is 5. The van der Waals surface area contributed by atoms with Gasteiger partial charge >= 0.3 is 0 Å². The Balaban J connectivity index is 1.01. The molecular weight excluding hydrogens is 797 g/mol. The van der Waals surface area contributed by atoms with Gasteiger partial charge in [0.15, 0.2) is 23.1 Å². The maximum absolute atomic E-state index is 11.0. The summed E-state index contributed by atoms with van der Waals surface area (Å²) in [5.41, 5.74) is 12.6. The van der Waals surface area contributed by atoms with Crippen LogP contribution in [0.4, 0.5) is 0 Å². The summed E-state index contributed by atoms with van der Waals surface area (Å²) in [6.45, 7) is 0. The van der Waals surface area contributed by atoms with Gasteiger partial charge in [-0.2, -0.15) is 5.26 Å². The van der Waals surface area contributed by atoms with Crippen LogP contribution < -0.4 is 0 Å². The Labute approximate surface area is 372 Å². The summed E-state index contributed by atoms with van der Waals surface area (Å²) in [7, 11) is 0. The van der Waals surface area contributed by atoms with Gasteiger partial charge in [0, 0.05) is 54.7 Å². The van der Waals surface area contributed by atoms with Crippen molar-refractivity contribution in [3.8, 4) is 62.7 Å². The van der Waals surface area contributed by atoms with Crippen LogP contribution in [0.1, 0.15) is 5.56 Å². The summed E-state index contributed by atoms with van der Waals surface area (Å²) in [5, 5.41) is 17.4. The van der Waals surface area contributed by atoms with Crippen molar-refractivity contribution in [3.05, 3.63) is 212 Å². The van der Waals surface area contributed by atoms with Crippen LogP contribution in [0.25, 0.3) is 122 Å². The lowest BCUT2D eigenvalue weighted by atomic mass is 10.0. The van der Waals surface area contributed by atoms with Crippen molar-refractivity contribution in [1.82, 2.24) is 24.1 Å². The molecule has 0 unspecified atom stereocenters. The molecule has 9 aromatic carbocycles. The molecule has 13 rings (SSSR count). The van der Waals surface area contributed by atoms with E-state index in [9.17, 15) is 5.26 Å². The lowest BCUT2D eigenvalue weighted by Gasteiger charge is -2.13. The number of fused-ring (bicyclic) bond motifs is 10. The average Bonchev–Trinajstić information content (AvgIpc) is 4.03. The zero-order valence-corrected chi connectivity index (χ0v) is 34.7. The molecule has 13 aromatic rings. The molecule has 7 heteroatoms. The Hall–Kier alpha value is -9.12. The first-order valence-electron chi connectivity index (χ1n) is 21.6. The molecule has 0 fully saturated rings. The molecule has 0 N–H and O–H groups in total.